The van der Waals surface area contributed by atoms with Gasteiger partial charge in [0, 0.05) is 51.7 Å². The number of pyridine rings is 2. The lowest BCUT2D eigenvalue weighted by Crippen LogP contribution is -1.95. The molecule has 5 heteroatoms. The lowest BCUT2D eigenvalue weighted by molar-refractivity contribution is 0.620. The zero-order valence-electron chi connectivity index (χ0n) is 21.4. The first-order valence-corrected chi connectivity index (χ1v) is 13.2. The first-order chi connectivity index (χ1) is 19.8. The summed E-state index contributed by atoms with van der Waals surface area (Å²) >= 11 is 0. The van der Waals surface area contributed by atoms with Gasteiger partial charge in [-0.1, -0.05) is 54.6 Å². The van der Waals surface area contributed by atoms with E-state index in [4.69, 9.17) is 9.40 Å². The fourth-order valence-corrected chi connectivity index (χ4v) is 5.58. The number of hydrogen-bond acceptors (Lipinski definition) is 4. The fourth-order valence-electron chi connectivity index (χ4n) is 5.58. The van der Waals surface area contributed by atoms with Gasteiger partial charge in [-0.25, -0.2) is 4.98 Å². The van der Waals surface area contributed by atoms with Crippen molar-refractivity contribution in [2.24, 2.45) is 0 Å². The van der Waals surface area contributed by atoms with Gasteiger partial charge in [-0.3, -0.25) is 9.97 Å². The Hall–Kier alpha value is -5.55. The summed E-state index contributed by atoms with van der Waals surface area (Å²) in [5, 5.41) is 2.33. The third kappa shape index (κ3) is 3.60. The molecule has 0 aliphatic rings. The van der Waals surface area contributed by atoms with Crippen molar-refractivity contribution in [3.8, 4) is 39.5 Å². The van der Waals surface area contributed by atoms with Gasteiger partial charge in [0.25, 0.3) is 0 Å². The van der Waals surface area contributed by atoms with Gasteiger partial charge in [0.1, 0.15) is 5.52 Å². The third-order valence-electron chi connectivity index (χ3n) is 7.35. The van der Waals surface area contributed by atoms with Crippen LogP contribution >= 0.6 is 0 Å². The van der Waals surface area contributed by atoms with Crippen molar-refractivity contribution in [2.75, 3.05) is 0 Å². The maximum absolute atomic E-state index is 6.25. The summed E-state index contributed by atoms with van der Waals surface area (Å²) in [4.78, 5) is 13.9. The maximum atomic E-state index is 6.25. The van der Waals surface area contributed by atoms with Crippen LogP contribution in [0.5, 0.6) is 0 Å². The van der Waals surface area contributed by atoms with Gasteiger partial charge in [-0.05, 0) is 66.2 Å². The van der Waals surface area contributed by atoms with E-state index < -0.39 is 0 Å². The predicted molar refractivity (Wildman–Crippen MR) is 160 cm³/mol. The second-order valence-electron chi connectivity index (χ2n) is 9.76. The zero-order chi connectivity index (χ0) is 26.5. The summed E-state index contributed by atoms with van der Waals surface area (Å²) in [5.74, 6) is 0.590. The van der Waals surface area contributed by atoms with Gasteiger partial charge >= 0.3 is 0 Å². The van der Waals surface area contributed by atoms with Gasteiger partial charge in [0.05, 0.1) is 16.7 Å². The highest BCUT2D eigenvalue weighted by molar-refractivity contribution is 6.16. The molecule has 4 aromatic carbocycles. The number of rotatable bonds is 4. The van der Waals surface area contributed by atoms with Gasteiger partial charge in [-0.2, -0.15) is 0 Å². The predicted octanol–water partition coefficient (Wildman–Crippen LogP) is 8.72. The van der Waals surface area contributed by atoms with Crippen LogP contribution in [0.25, 0.3) is 72.4 Å². The highest BCUT2D eigenvalue weighted by atomic mass is 16.3. The van der Waals surface area contributed by atoms with E-state index in [2.05, 4.69) is 81.3 Å². The van der Waals surface area contributed by atoms with Gasteiger partial charge in [0.15, 0.2) is 5.58 Å². The molecule has 0 spiro atoms. The van der Waals surface area contributed by atoms with Crippen LogP contribution < -0.4 is 0 Å². The largest absolute Gasteiger partial charge is 0.436 e. The molecule has 0 N–H and O–H groups in total. The Bertz CT molecular complexity index is 2130. The molecule has 40 heavy (non-hydrogen) atoms. The summed E-state index contributed by atoms with van der Waals surface area (Å²) < 4.78 is 8.57. The summed E-state index contributed by atoms with van der Waals surface area (Å²) in [7, 11) is 0. The van der Waals surface area contributed by atoms with Crippen LogP contribution in [0, 0.1) is 0 Å². The van der Waals surface area contributed by atoms with Gasteiger partial charge in [0.2, 0.25) is 5.89 Å². The first kappa shape index (κ1) is 22.4. The zero-order valence-corrected chi connectivity index (χ0v) is 21.4. The van der Waals surface area contributed by atoms with E-state index in [1.807, 2.05) is 60.9 Å². The molecule has 0 saturated heterocycles. The Morgan fingerprint density at radius 3 is 2.38 bits per heavy atom. The molecule has 0 fully saturated rings. The van der Waals surface area contributed by atoms with Gasteiger partial charge < -0.3 is 8.98 Å². The molecule has 0 saturated carbocycles. The van der Waals surface area contributed by atoms with E-state index in [1.165, 1.54) is 5.39 Å². The van der Waals surface area contributed by atoms with Crippen LogP contribution in [0.1, 0.15) is 0 Å². The number of hydrogen-bond donors (Lipinski definition) is 0. The Kier molecular flexibility index (Phi) is 5.07. The number of oxazole rings is 1. The van der Waals surface area contributed by atoms with Crippen LogP contribution in [0.2, 0.25) is 0 Å². The molecule has 0 aliphatic heterocycles. The molecule has 8 rings (SSSR count). The van der Waals surface area contributed by atoms with Crippen LogP contribution in [0.15, 0.2) is 138 Å². The lowest BCUT2D eigenvalue weighted by Gasteiger charge is -2.12. The molecule has 0 atom stereocenters. The minimum atomic E-state index is 0.590. The summed E-state index contributed by atoms with van der Waals surface area (Å²) in [5.41, 5.74) is 9.88. The van der Waals surface area contributed by atoms with Gasteiger partial charge in [-0.15, -0.1) is 0 Å². The normalized spacial score (nSPS) is 11.5. The highest BCUT2D eigenvalue weighted by Gasteiger charge is 2.20. The quantitative estimate of drug-likeness (QED) is 0.236. The molecule has 4 heterocycles. The molecule has 0 radical (unpaired) electrons. The molecule has 0 amide bonds. The molecular weight excluding hydrogens is 492 g/mol. The van der Waals surface area contributed by atoms with E-state index in [-0.39, 0.29) is 0 Å². The Balaban J connectivity index is 1.47. The summed E-state index contributed by atoms with van der Waals surface area (Å²) in [6.45, 7) is 0. The van der Waals surface area contributed by atoms with Crippen LogP contribution in [0.3, 0.4) is 0 Å². The van der Waals surface area contributed by atoms with E-state index in [1.54, 1.807) is 6.20 Å². The number of fused-ring (bicyclic) bond motifs is 4. The van der Waals surface area contributed by atoms with E-state index in [0.29, 0.717) is 5.89 Å². The smallest absolute Gasteiger partial charge is 0.227 e. The van der Waals surface area contributed by atoms with E-state index >= 15 is 0 Å². The standard InChI is InChI=1S/C35H22N4O/c1-3-15-31-27(12-1)34-28(24-10-8-17-36-22-24)20-25(35-38-30-14-2-4-16-33(30)40-35)21-32(34)39(31)26-11-7-9-23(19-26)29-13-5-6-18-37-29/h1-22H. The van der Waals surface area contributed by atoms with Crippen molar-refractivity contribution in [3.63, 3.8) is 0 Å². The number of nitrogens with zero attached hydrogens (tertiary/aromatic N) is 4. The van der Waals surface area contributed by atoms with Crippen molar-refractivity contribution in [3.05, 3.63) is 134 Å². The van der Waals surface area contributed by atoms with Crippen LogP contribution in [-0.2, 0) is 0 Å². The van der Waals surface area contributed by atoms with E-state index in [9.17, 15) is 0 Å². The Labute approximate surface area is 230 Å². The van der Waals surface area contributed by atoms with Crippen LogP contribution in [0.4, 0.5) is 0 Å². The second kappa shape index (κ2) is 9.03. The van der Waals surface area contributed by atoms with Crippen molar-refractivity contribution in [1.29, 1.82) is 0 Å². The number of aromatic nitrogens is 4. The molecule has 188 valence electrons. The Morgan fingerprint density at radius 2 is 1.50 bits per heavy atom. The van der Waals surface area contributed by atoms with Crippen molar-refractivity contribution in [1.82, 2.24) is 19.5 Å². The third-order valence-corrected chi connectivity index (χ3v) is 7.35. The van der Waals surface area contributed by atoms with Crippen LogP contribution in [-0.4, -0.2) is 19.5 Å². The maximum Gasteiger partial charge on any atom is 0.227 e. The average molecular weight is 515 g/mol. The number of benzene rings is 4. The summed E-state index contributed by atoms with van der Waals surface area (Å²) in [6, 6.07) is 39.4. The first-order valence-electron chi connectivity index (χ1n) is 13.2. The van der Waals surface area contributed by atoms with Crippen molar-refractivity contribution in [2.45, 2.75) is 0 Å². The fraction of sp³-hybridized carbons (Fsp3) is 0. The second-order valence-corrected chi connectivity index (χ2v) is 9.76. The highest BCUT2D eigenvalue weighted by Crippen LogP contribution is 2.41. The molecule has 0 aliphatic carbocycles. The molecule has 0 unspecified atom stereocenters. The van der Waals surface area contributed by atoms with Crippen molar-refractivity contribution < 1.29 is 4.42 Å². The molecule has 4 aromatic heterocycles. The monoisotopic (exact) mass is 514 g/mol. The SMILES string of the molecule is c1ccc(-c2cccc(-n3c4ccccc4c4c(-c5cccnc5)cc(-c5nc6ccccc6o5)cc43)c2)nc1. The van der Waals surface area contributed by atoms with E-state index in [0.717, 1.165) is 61.2 Å². The number of para-hydroxylation sites is 3. The minimum Gasteiger partial charge on any atom is -0.436 e. The molecule has 0 bridgehead atoms. The lowest BCUT2D eigenvalue weighted by atomic mass is 9.98. The molecular formula is C35H22N4O. The molecule has 8 aromatic rings. The average Bonchev–Trinajstić information content (AvgIpc) is 3.61. The van der Waals surface area contributed by atoms with Crippen molar-refractivity contribution >= 4 is 32.9 Å². The minimum absolute atomic E-state index is 0.590. The Morgan fingerprint density at radius 1 is 0.625 bits per heavy atom. The topological polar surface area (TPSA) is 56.7 Å². The summed E-state index contributed by atoms with van der Waals surface area (Å²) in [6.07, 6.45) is 5.55. The molecule has 5 nitrogen and oxygen atoms in total.